The molecule has 0 radical (unpaired) electrons. The Hall–Kier alpha value is -0.240. The van der Waals surface area contributed by atoms with Crippen LogP contribution < -0.4 is 0 Å². The second-order valence-corrected chi connectivity index (χ2v) is 5.96. The predicted octanol–water partition coefficient (Wildman–Crippen LogP) is 0.377. The summed E-state index contributed by atoms with van der Waals surface area (Å²) in [6.45, 7) is 7.48. The normalized spacial score (nSPS) is 48.8. The fourth-order valence-corrected chi connectivity index (χ4v) is 2.88. The van der Waals surface area contributed by atoms with Crippen molar-refractivity contribution in [2.75, 3.05) is 13.2 Å². The number of aliphatic hydroxyl groups is 1. The molecule has 18 heavy (non-hydrogen) atoms. The summed E-state index contributed by atoms with van der Waals surface area (Å²) >= 11 is 0. The Morgan fingerprint density at radius 2 is 1.78 bits per heavy atom. The highest BCUT2D eigenvalue weighted by molar-refractivity contribution is 5.05. The maximum atomic E-state index is 9.40. The van der Waals surface area contributed by atoms with Gasteiger partial charge in [0.15, 0.2) is 11.6 Å². The second-order valence-electron chi connectivity index (χ2n) is 5.96. The summed E-state index contributed by atoms with van der Waals surface area (Å²) in [6.07, 6.45) is -1.16. The first-order chi connectivity index (χ1) is 8.27. The minimum absolute atomic E-state index is 0.133. The molecule has 1 spiro atoms. The molecule has 3 heterocycles. The fourth-order valence-electron chi connectivity index (χ4n) is 2.88. The van der Waals surface area contributed by atoms with Crippen LogP contribution in [0, 0.1) is 0 Å². The maximum absolute atomic E-state index is 9.40. The molecule has 0 aliphatic carbocycles. The summed E-state index contributed by atoms with van der Waals surface area (Å²) in [5.41, 5.74) is 0. The van der Waals surface area contributed by atoms with Crippen molar-refractivity contribution in [3.05, 3.63) is 0 Å². The zero-order valence-corrected chi connectivity index (χ0v) is 11.1. The third-order valence-electron chi connectivity index (χ3n) is 3.50. The summed E-state index contributed by atoms with van der Waals surface area (Å²) < 4.78 is 28.9. The van der Waals surface area contributed by atoms with Crippen LogP contribution >= 0.6 is 0 Å². The van der Waals surface area contributed by atoms with Crippen molar-refractivity contribution in [1.82, 2.24) is 0 Å². The molecule has 104 valence electrons. The van der Waals surface area contributed by atoms with E-state index in [1.165, 1.54) is 0 Å². The third-order valence-corrected chi connectivity index (χ3v) is 3.50. The molecule has 0 aromatic rings. The first kappa shape index (κ1) is 12.8. The molecule has 3 aliphatic rings. The lowest BCUT2D eigenvalue weighted by Gasteiger charge is -2.30. The highest BCUT2D eigenvalue weighted by Crippen LogP contribution is 2.49. The summed E-state index contributed by atoms with van der Waals surface area (Å²) in [7, 11) is 0. The smallest absolute Gasteiger partial charge is 0.224 e. The van der Waals surface area contributed by atoms with Gasteiger partial charge in [0.25, 0.3) is 0 Å². The molecule has 0 bridgehead atoms. The van der Waals surface area contributed by atoms with Gasteiger partial charge < -0.3 is 28.8 Å². The summed E-state index contributed by atoms with van der Waals surface area (Å²) in [5.74, 6) is -2.39. The Kier molecular flexibility index (Phi) is 2.59. The molecule has 3 rings (SSSR count). The highest BCUT2D eigenvalue weighted by Gasteiger charge is 2.67. The lowest BCUT2D eigenvalue weighted by atomic mass is 10.1. The van der Waals surface area contributed by atoms with Gasteiger partial charge in [0.2, 0.25) is 5.79 Å². The molecular weight excluding hydrogens is 240 g/mol. The largest absolute Gasteiger partial charge is 0.394 e. The van der Waals surface area contributed by atoms with Crippen LogP contribution in [0.25, 0.3) is 0 Å². The topological polar surface area (TPSA) is 66.4 Å². The van der Waals surface area contributed by atoms with Crippen LogP contribution in [0.4, 0.5) is 0 Å². The van der Waals surface area contributed by atoms with E-state index < -0.39 is 23.5 Å². The maximum Gasteiger partial charge on any atom is 0.224 e. The van der Waals surface area contributed by atoms with Crippen molar-refractivity contribution in [3.63, 3.8) is 0 Å². The standard InChI is InChI=1S/C12H20O6/c1-10(2)14-6-12(18-10)9-8(7(5-13)15-12)16-11(3,4)17-9/h7-9,13H,5-6H2,1-4H3/t7-,8+,9+,12+/m1/s1. The molecule has 4 atom stereocenters. The van der Waals surface area contributed by atoms with Crippen molar-refractivity contribution < 1.29 is 28.8 Å². The lowest BCUT2D eigenvalue weighted by molar-refractivity contribution is -0.298. The highest BCUT2D eigenvalue weighted by atomic mass is 16.9. The second kappa shape index (κ2) is 3.65. The van der Waals surface area contributed by atoms with Crippen LogP contribution in [0.2, 0.25) is 0 Å². The molecule has 0 saturated carbocycles. The fraction of sp³-hybridized carbons (Fsp3) is 1.00. The molecule has 0 aromatic carbocycles. The van der Waals surface area contributed by atoms with E-state index in [0.29, 0.717) is 0 Å². The average Bonchev–Trinajstić information content (AvgIpc) is 2.81. The number of ether oxygens (including phenoxy) is 5. The van der Waals surface area contributed by atoms with Crippen molar-refractivity contribution in [2.45, 2.75) is 63.4 Å². The van der Waals surface area contributed by atoms with Crippen molar-refractivity contribution in [1.29, 1.82) is 0 Å². The van der Waals surface area contributed by atoms with E-state index in [9.17, 15) is 5.11 Å². The van der Waals surface area contributed by atoms with Gasteiger partial charge in [-0.05, 0) is 27.7 Å². The first-order valence-electron chi connectivity index (χ1n) is 6.25. The number of rotatable bonds is 1. The molecule has 0 aromatic heterocycles. The average molecular weight is 260 g/mol. The zero-order valence-electron chi connectivity index (χ0n) is 11.1. The zero-order chi connectivity index (χ0) is 13.2. The molecule has 6 nitrogen and oxygen atoms in total. The van der Waals surface area contributed by atoms with Crippen LogP contribution in [0.1, 0.15) is 27.7 Å². The van der Waals surface area contributed by atoms with Crippen molar-refractivity contribution >= 4 is 0 Å². The van der Waals surface area contributed by atoms with Gasteiger partial charge in [-0.2, -0.15) is 0 Å². The number of aliphatic hydroxyl groups excluding tert-OH is 1. The van der Waals surface area contributed by atoms with E-state index in [0.717, 1.165) is 0 Å². The molecule has 3 aliphatic heterocycles. The number of fused-ring (bicyclic) bond motifs is 2. The molecule has 0 amide bonds. The van der Waals surface area contributed by atoms with Gasteiger partial charge in [0.05, 0.1) is 6.61 Å². The van der Waals surface area contributed by atoms with Gasteiger partial charge in [-0.1, -0.05) is 0 Å². The molecule has 6 heteroatoms. The van der Waals surface area contributed by atoms with E-state index in [2.05, 4.69) is 0 Å². The van der Waals surface area contributed by atoms with E-state index >= 15 is 0 Å². The SMILES string of the molecule is CC1(C)O[C@H]2[C@@H](CO)O[C@]3(COC(C)(C)O3)[C@H]2O1. The Morgan fingerprint density at radius 1 is 1.06 bits per heavy atom. The summed E-state index contributed by atoms with van der Waals surface area (Å²) in [6, 6.07) is 0. The van der Waals surface area contributed by atoms with E-state index in [-0.39, 0.29) is 25.4 Å². The van der Waals surface area contributed by atoms with E-state index in [4.69, 9.17) is 23.7 Å². The molecule has 1 N–H and O–H groups in total. The van der Waals surface area contributed by atoms with Crippen LogP contribution in [-0.4, -0.2) is 54.0 Å². The van der Waals surface area contributed by atoms with Crippen LogP contribution in [-0.2, 0) is 23.7 Å². The minimum Gasteiger partial charge on any atom is -0.394 e. The predicted molar refractivity (Wildman–Crippen MR) is 59.6 cm³/mol. The molecule has 3 fully saturated rings. The Bertz CT molecular complexity index is 354. The van der Waals surface area contributed by atoms with E-state index in [1.807, 2.05) is 27.7 Å². The minimum atomic E-state index is -0.977. The van der Waals surface area contributed by atoms with Crippen LogP contribution in [0.3, 0.4) is 0 Å². The van der Waals surface area contributed by atoms with Gasteiger partial charge in [-0.25, -0.2) is 0 Å². The van der Waals surface area contributed by atoms with Gasteiger partial charge in [-0.3, -0.25) is 0 Å². The molecule has 3 saturated heterocycles. The summed E-state index contributed by atoms with van der Waals surface area (Å²) in [5, 5.41) is 9.40. The quantitative estimate of drug-likeness (QED) is 0.735. The Labute approximate surface area is 106 Å². The lowest BCUT2D eigenvalue weighted by Crippen LogP contribution is -2.46. The van der Waals surface area contributed by atoms with Crippen molar-refractivity contribution in [3.8, 4) is 0 Å². The Balaban J connectivity index is 1.89. The Morgan fingerprint density at radius 3 is 2.33 bits per heavy atom. The van der Waals surface area contributed by atoms with Gasteiger partial charge in [-0.15, -0.1) is 0 Å². The monoisotopic (exact) mass is 260 g/mol. The van der Waals surface area contributed by atoms with Crippen LogP contribution in [0.5, 0.6) is 0 Å². The summed E-state index contributed by atoms with van der Waals surface area (Å²) in [4.78, 5) is 0. The van der Waals surface area contributed by atoms with E-state index in [1.54, 1.807) is 0 Å². The van der Waals surface area contributed by atoms with Gasteiger partial charge >= 0.3 is 0 Å². The third kappa shape index (κ3) is 1.79. The van der Waals surface area contributed by atoms with Crippen molar-refractivity contribution in [2.24, 2.45) is 0 Å². The number of hydrogen-bond donors (Lipinski definition) is 1. The number of hydrogen-bond acceptors (Lipinski definition) is 6. The van der Waals surface area contributed by atoms with Gasteiger partial charge in [0, 0.05) is 0 Å². The van der Waals surface area contributed by atoms with Crippen LogP contribution in [0.15, 0.2) is 0 Å². The van der Waals surface area contributed by atoms with Gasteiger partial charge in [0.1, 0.15) is 24.9 Å². The first-order valence-corrected chi connectivity index (χ1v) is 6.25. The molecular formula is C12H20O6. The molecule has 0 unspecified atom stereocenters.